The highest BCUT2D eigenvalue weighted by Gasteiger charge is 2.48. The number of rotatable bonds is 7. The van der Waals surface area contributed by atoms with Crippen molar-refractivity contribution in [1.29, 1.82) is 0 Å². The number of hydrogen-bond acceptors (Lipinski definition) is 1. The molecular weight excluding hydrogens is 879 g/mol. The molecule has 9 aromatic rings. The van der Waals surface area contributed by atoms with E-state index in [-0.39, 0.29) is 21.7 Å². The minimum absolute atomic E-state index is 0.0415. The van der Waals surface area contributed by atoms with Crippen LogP contribution in [-0.4, -0.2) is 0 Å². The summed E-state index contributed by atoms with van der Waals surface area (Å²) in [6, 6.07) is 81.7. The first-order valence-electron chi connectivity index (χ1n) is 26.5. The minimum atomic E-state index is -0.512. The summed E-state index contributed by atoms with van der Waals surface area (Å²) in [5.74, 6) is 0. The Labute approximate surface area is 436 Å². The lowest BCUT2D eigenvalue weighted by Gasteiger charge is -2.35. The highest BCUT2D eigenvalue weighted by molar-refractivity contribution is 5.93. The first-order valence-corrected chi connectivity index (χ1v) is 26.5. The zero-order valence-corrected chi connectivity index (χ0v) is 45.2. The van der Waals surface area contributed by atoms with Crippen molar-refractivity contribution in [3.63, 3.8) is 0 Å². The maximum Gasteiger partial charge on any atom is 0.0713 e. The Morgan fingerprint density at radius 1 is 0.247 bits per heavy atom. The van der Waals surface area contributed by atoms with E-state index in [1.165, 1.54) is 89.0 Å². The molecule has 0 amide bonds. The van der Waals surface area contributed by atoms with E-state index in [0.29, 0.717) is 0 Å². The van der Waals surface area contributed by atoms with Gasteiger partial charge in [-0.25, -0.2) is 0 Å². The lowest BCUT2D eigenvalue weighted by Crippen LogP contribution is -2.29. The van der Waals surface area contributed by atoms with Crippen molar-refractivity contribution in [1.82, 2.24) is 0 Å². The van der Waals surface area contributed by atoms with Crippen molar-refractivity contribution >= 4 is 17.1 Å². The molecule has 0 aliphatic heterocycles. The van der Waals surface area contributed by atoms with Crippen LogP contribution in [0, 0.1) is 0 Å². The molecule has 0 bridgehead atoms. The molecule has 1 heteroatoms. The molecule has 2 aliphatic carbocycles. The molecule has 0 aromatic heterocycles. The van der Waals surface area contributed by atoms with Crippen molar-refractivity contribution in [3.05, 3.63) is 279 Å². The van der Waals surface area contributed by atoms with Gasteiger partial charge >= 0.3 is 0 Å². The Morgan fingerprint density at radius 2 is 0.562 bits per heavy atom. The number of hydrogen-bond donors (Lipinski definition) is 0. The standard InChI is InChI=1S/C72H71N/c1-67(2,3)48-31-35-52(36-32-48)71(50-23-15-13-16-24-50)63-29-21-19-27-59(63)61-46-56(39-41-65(61)71)73(58-44-54(69(7,8)9)43-55(45-58)70(10,11)12)57-40-42-66-62(47-57)60-28-20-22-30-64(60)72(66,51-25-17-14-18-26-51)53-37-33-49(34-38-53)68(4,5)6/h13-47H,1-12H3. The fourth-order valence-corrected chi connectivity index (χ4v) is 12.3. The van der Waals surface area contributed by atoms with E-state index >= 15 is 0 Å². The Balaban J connectivity index is 1.18. The first kappa shape index (κ1) is 48.1. The SMILES string of the molecule is CC(C)(C)c1ccc(C2(c3ccccc3)c3ccccc3-c3cc(N(c4cc(C(C)(C)C)cc(C(C)(C)C)c4)c4ccc5c(c4)-c4ccccc4C5(c4ccccc4)c4ccc(C(C)(C)C)cc4)ccc32)cc1. The van der Waals surface area contributed by atoms with Crippen molar-refractivity contribution in [2.45, 2.75) is 116 Å². The maximum absolute atomic E-state index is 2.55. The summed E-state index contributed by atoms with van der Waals surface area (Å²) in [4.78, 5) is 2.55. The first-order chi connectivity index (χ1) is 34.7. The summed E-state index contributed by atoms with van der Waals surface area (Å²) < 4.78 is 0. The molecule has 9 aromatic carbocycles. The molecule has 0 saturated heterocycles. The highest BCUT2D eigenvalue weighted by atomic mass is 15.1. The molecular formula is C72H71N. The molecule has 73 heavy (non-hydrogen) atoms. The Kier molecular flexibility index (Phi) is 11.3. The molecule has 0 saturated carbocycles. The number of anilines is 3. The van der Waals surface area contributed by atoms with Crippen molar-refractivity contribution in [2.75, 3.05) is 4.90 Å². The van der Waals surface area contributed by atoms with Crippen LogP contribution in [0.3, 0.4) is 0 Å². The van der Waals surface area contributed by atoms with Gasteiger partial charge in [0.2, 0.25) is 0 Å². The third kappa shape index (κ3) is 7.81. The van der Waals surface area contributed by atoms with E-state index in [9.17, 15) is 0 Å². The van der Waals surface area contributed by atoms with Crippen molar-refractivity contribution in [3.8, 4) is 22.3 Å². The average molecular weight is 950 g/mol. The second-order valence-electron chi connectivity index (χ2n) is 25.0. The number of fused-ring (bicyclic) bond motifs is 6. The van der Waals surface area contributed by atoms with E-state index in [0.717, 1.165) is 17.1 Å². The fourth-order valence-electron chi connectivity index (χ4n) is 12.3. The fraction of sp³-hybridized carbons (Fsp3) is 0.250. The van der Waals surface area contributed by atoms with Crippen LogP contribution in [0.4, 0.5) is 17.1 Å². The van der Waals surface area contributed by atoms with Gasteiger partial charge in [-0.05, 0) is 147 Å². The van der Waals surface area contributed by atoms with Gasteiger partial charge in [-0.2, -0.15) is 0 Å². The molecule has 364 valence electrons. The summed E-state index contributed by atoms with van der Waals surface area (Å²) in [6.45, 7) is 27.9. The summed E-state index contributed by atoms with van der Waals surface area (Å²) >= 11 is 0. The summed E-state index contributed by atoms with van der Waals surface area (Å²) in [7, 11) is 0. The molecule has 0 radical (unpaired) electrons. The van der Waals surface area contributed by atoms with Gasteiger partial charge in [0, 0.05) is 17.1 Å². The van der Waals surface area contributed by atoms with Crippen LogP contribution >= 0.6 is 0 Å². The Hall–Kier alpha value is -7.22. The van der Waals surface area contributed by atoms with Gasteiger partial charge in [0.15, 0.2) is 0 Å². The van der Waals surface area contributed by atoms with Gasteiger partial charge in [-0.15, -0.1) is 0 Å². The largest absolute Gasteiger partial charge is 0.310 e. The molecule has 2 unspecified atom stereocenters. The quantitative estimate of drug-likeness (QED) is 0.154. The lowest BCUT2D eigenvalue weighted by molar-refractivity contribution is 0.568. The van der Waals surface area contributed by atoms with Crippen molar-refractivity contribution in [2.24, 2.45) is 0 Å². The van der Waals surface area contributed by atoms with Gasteiger partial charge in [0.25, 0.3) is 0 Å². The van der Waals surface area contributed by atoms with Gasteiger partial charge in [0.05, 0.1) is 10.8 Å². The van der Waals surface area contributed by atoms with Crippen LogP contribution < -0.4 is 4.90 Å². The van der Waals surface area contributed by atoms with Gasteiger partial charge in [-0.3, -0.25) is 0 Å². The second kappa shape index (κ2) is 17.2. The van der Waals surface area contributed by atoms with Gasteiger partial charge < -0.3 is 4.90 Å². The Bertz CT molecular complexity index is 3280. The van der Waals surface area contributed by atoms with E-state index in [1.807, 2.05) is 0 Å². The zero-order valence-electron chi connectivity index (χ0n) is 45.2. The summed E-state index contributed by atoms with van der Waals surface area (Å²) in [5.41, 5.74) is 23.0. The van der Waals surface area contributed by atoms with Crippen molar-refractivity contribution < 1.29 is 0 Å². The molecule has 1 nitrogen and oxygen atoms in total. The van der Waals surface area contributed by atoms with Crippen LogP contribution in [0.1, 0.15) is 150 Å². The van der Waals surface area contributed by atoms with E-state index in [4.69, 9.17) is 0 Å². The van der Waals surface area contributed by atoms with Crippen LogP contribution in [0.25, 0.3) is 22.3 Å². The summed E-state index contributed by atoms with van der Waals surface area (Å²) in [6.07, 6.45) is 0. The van der Waals surface area contributed by atoms with Crippen LogP contribution in [0.15, 0.2) is 212 Å². The smallest absolute Gasteiger partial charge is 0.0713 e. The number of benzene rings is 9. The maximum atomic E-state index is 2.55. The van der Waals surface area contributed by atoms with Gasteiger partial charge in [-0.1, -0.05) is 259 Å². The normalized spacial score (nSPS) is 17.2. The number of nitrogens with zero attached hydrogens (tertiary/aromatic N) is 1. The van der Waals surface area contributed by atoms with Gasteiger partial charge in [0.1, 0.15) is 0 Å². The van der Waals surface area contributed by atoms with E-state index in [2.05, 4.69) is 300 Å². The predicted octanol–water partition coefficient (Wildman–Crippen LogP) is 19.1. The molecule has 0 spiro atoms. The molecule has 2 aliphatic rings. The third-order valence-electron chi connectivity index (χ3n) is 16.3. The minimum Gasteiger partial charge on any atom is -0.310 e. The lowest BCUT2D eigenvalue weighted by atomic mass is 9.67. The third-order valence-corrected chi connectivity index (χ3v) is 16.3. The zero-order chi connectivity index (χ0) is 51.3. The van der Waals surface area contributed by atoms with E-state index < -0.39 is 10.8 Å². The average Bonchev–Trinajstić information content (AvgIpc) is 3.86. The molecule has 0 fully saturated rings. The van der Waals surface area contributed by atoms with Crippen LogP contribution in [-0.2, 0) is 32.5 Å². The second-order valence-corrected chi connectivity index (χ2v) is 25.0. The highest BCUT2D eigenvalue weighted by Crippen LogP contribution is 2.60. The monoisotopic (exact) mass is 950 g/mol. The Morgan fingerprint density at radius 3 is 0.918 bits per heavy atom. The molecule has 2 atom stereocenters. The molecule has 0 N–H and O–H groups in total. The predicted molar refractivity (Wildman–Crippen MR) is 311 cm³/mol. The van der Waals surface area contributed by atoms with Crippen LogP contribution in [0.5, 0.6) is 0 Å². The topological polar surface area (TPSA) is 3.24 Å². The van der Waals surface area contributed by atoms with E-state index in [1.54, 1.807) is 0 Å². The summed E-state index contributed by atoms with van der Waals surface area (Å²) in [5, 5.41) is 0. The molecule has 11 rings (SSSR count). The molecule has 0 heterocycles. The van der Waals surface area contributed by atoms with Crippen LogP contribution in [0.2, 0.25) is 0 Å².